The van der Waals surface area contributed by atoms with Gasteiger partial charge in [0, 0.05) is 7.05 Å². The van der Waals surface area contributed by atoms with Crippen LogP contribution in [0.15, 0.2) is 53.6 Å². The normalized spacial score (nSPS) is 11.0. The molecule has 1 N–H and O–H groups in total. The first kappa shape index (κ1) is 25.0. The highest BCUT2D eigenvalue weighted by atomic mass is 35.5. The van der Waals surface area contributed by atoms with Gasteiger partial charge in [0.25, 0.3) is 15.9 Å². The molecule has 0 spiro atoms. The van der Waals surface area contributed by atoms with E-state index in [1.807, 2.05) is 0 Å². The second-order valence-electron chi connectivity index (χ2n) is 6.48. The maximum Gasteiger partial charge on any atom is 0.345 e. The molecular formula is C19H14ClFN4O7S2. The Labute approximate surface area is 200 Å². The van der Waals surface area contributed by atoms with E-state index in [9.17, 15) is 32.5 Å². The van der Waals surface area contributed by atoms with Crippen molar-refractivity contribution in [1.29, 1.82) is 0 Å². The number of anilines is 2. The number of nitrogens with zero attached hydrogens (tertiary/aromatic N) is 3. The lowest BCUT2D eigenvalue weighted by molar-refractivity contribution is -0.380. The molecule has 0 radical (unpaired) electrons. The van der Waals surface area contributed by atoms with Gasteiger partial charge in [-0.1, -0.05) is 11.6 Å². The summed E-state index contributed by atoms with van der Waals surface area (Å²) in [6.07, 6.45) is 0.959. The van der Waals surface area contributed by atoms with E-state index >= 15 is 0 Å². The van der Waals surface area contributed by atoms with E-state index in [1.54, 1.807) is 0 Å². The highest BCUT2D eigenvalue weighted by molar-refractivity contribution is 7.92. The van der Waals surface area contributed by atoms with Gasteiger partial charge in [-0.25, -0.2) is 22.6 Å². The zero-order valence-electron chi connectivity index (χ0n) is 17.1. The molecule has 0 bridgehead atoms. The number of rotatable bonds is 8. The molecule has 1 amide bonds. The summed E-state index contributed by atoms with van der Waals surface area (Å²) < 4.78 is 44.8. The standard InChI is InChI=1S/C19H14ClFN4O7S2/c1-24(12-4-2-11(21)3-5-12)34(30,31)13-6-7-15(20)14(8-13)18(27)32-10-16(26)23-19-22-9-17(33-19)25(28)29/h2-9H,10H2,1H3,(H,22,23,26). The van der Waals surface area contributed by atoms with Crippen LogP contribution in [0.4, 0.5) is 20.2 Å². The number of halogens is 2. The molecule has 0 atom stereocenters. The zero-order chi connectivity index (χ0) is 25.0. The quantitative estimate of drug-likeness (QED) is 0.265. The van der Waals surface area contributed by atoms with Gasteiger partial charge in [0.15, 0.2) is 11.7 Å². The minimum Gasteiger partial charge on any atom is -0.452 e. The van der Waals surface area contributed by atoms with Crippen molar-refractivity contribution in [3.63, 3.8) is 0 Å². The number of thiazole rings is 1. The molecule has 0 unspecified atom stereocenters. The third kappa shape index (κ3) is 5.65. The molecule has 11 nitrogen and oxygen atoms in total. The van der Waals surface area contributed by atoms with Crippen LogP contribution in [0.1, 0.15) is 10.4 Å². The van der Waals surface area contributed by atoms with E-state index in [4.69, 9.17) is 16.3 Å². The Hall–Kier alpha value is -3.62. The SMILES string of the molecule is CN(c1ccc(F)cc1)S(=O)(=O)c1ccc(Cl)c(C(=O)OCC(=O)Nc2ncc([N+](=O)[O-])s2)c1. The smallest absolute Gasteiger partial charge is 0.345 e. The van der Waals surface area contributed by atoms with Gasteiger partial charge < -0.3 is 4.74 Å². The summed E-state index contributed by atoms with van der Waals surface area (Å²) in [4.78, 5) is 37.7. The molecule has 15 heteroatoms. The summed E-state index contributed by atoms with van der Waals surface area (Å²) in [5, 5.41) is 12.4. The largest absolute Gasteiger partial charge is 0.452 e. The monoisotopic (exact) mass is 528 g/mol. The van der Waals surface area contributed by atoms with E-state index in [-0.39, 0.29) is 31.3 Å². The average molecular weight is 529 g/mol. The van der Waals surface area contributed by atoms with Gasteiger partial charge in [0.05, 0.1) is 26.1 Å². The van der Waals surface area contributed by atoms with Crippen LogP contribution in [0.5, 0.6) is 0 Å². The molecule has 1 aromatic heterocycles. The first-order chi connectivity index (χ1) is 16.0. The van der Waals surface area contributed by atoms with E-state index in [0.29, 0.717) is 11.3 Å². The van der Waals surface area contributed by atoms with Gasteiger partial charge in [0.2, 0.25) is 0 Å². The van der Waals surface area contributed by atoms with Crippen molar-refractivity contribution in [2.75, 3.05) is 23.3 Å². The third-order valence-electron chi connectivity index (χ3n) is 4.26. The first-order valence-electron chi connectivity index (χ1n) is 9.10. The minimum absolute atomic E-state index is 0.0669. The van der Waals surface area contributed by atoms with Crippen molar-refractivity contribution in [2.45, 2.75) is 4.90 Å². The van der Waals surface area contributed by atoms with Gasteiger partial charge >= 0.3 is 11.0 Å². The average Bonchev–Trinajstić information content (AvgIpc) is 3.26. The van der Waals surface area contributed by atoms with Crippen molar-refractivity contribution in [1.82, 2.24) is 4.98 Å². The van der Waals surface area contributed by atoms with Crippen LogP contribution in [-0.4, -0.2) is 43.9 Å². The van der Waals surface area contributed by atoms with Crippen molar-refractivity contribution in [3.05, 3.63) is 75.2 Å². The predicted octanol–water partition coefficient (Wildman–Crippen LogP) is 3.46. The van der Waals surface area contributed by atoms with Gasteiger partial charge in [0.1, 0.15) is 12.0 Å². The summed E-state index contributed by atoms with van der Waals surface area (Å²) in [5.41, 5.74) is -0.132. The maximum absolute atomic E-state index is 13.1. The van der Waals surface area contributed by atoms with Crippen LogP contribution in [0.2, 0.25) is 5.02 Å². The van der Waals surface area contributed by atoms with E-state index in [1.165, 1.54) is 31.3 Å². The van der Waals surface area contributed by atoms with Crippen LogP contribution < -0.4 is 9.62 Å². The summed E-state index contributed by atoms with van der Waals surface area (Å²) in [6.45, 7) is -0.783. The number of amides is 1. The Bertz CT molecular complexity index is 1360. The fraction of sp³-hybridized carbons (Fsp3) is 0.105. The van der Waals surface area contributed by atoms with Crippen LogP contribution >= 0.6 is 22.9 Å². The second kappa shape index (κ2) is 10.1. The van der Waals surface area contributed by atoms with Crippen LogP contribution in [0.25, 0.3) is 0 Å². The molecule has 1 heterocycles. The summed E-state index contributed by atoms with van der Waals surface area (Å²) in [6, 6.07) is 8.08. The molecule has 0 aliphatic rings. The molecule has 0 fully saturated rings. The van der Waals surface area contributed by atoms with Crippen LogP contribution in [-0.2, 0) is 19.6 Å². The molecule has 178 valence electrons. The van der Waals surface area contributed by atoms with Crippen LogP contribution in [0, 0.1) is 15.9 Å². The number of carbonyl (C=O) groups is 2. The minimum atomic E-state index is -4.15. The Balaban J connectivity index is 1.72. The number of carbonyl (C=O) groups excluding carboxylic acids is 2. The third-order valence-corrected chi connectivity index (χ3v) is 7.24. The van der Waals surface area contributed by atoms with Crippen molar-refractivity contribution in [2.24, 2.45) is 0 Å². The number of nitro groups is 1. The number of aromatic nitrogens is 1. The molecule has 0 aliphatic heterocycles. The van der Waals surface area contributed by atoms with E-state index in [2.05, 4.69) is 10.3 Å². The summed E-state index contributed by atoms with van der Waals surface area (Å²) >= 11 is 6.62. The molecule has 3 aromatic rings. The lowest BCUT2D eigenvalue weighted by atomic mass is 10.2. The Morgan fingerprint density at radius 2 is 1.94 bits per heavy atom. The fourth-order valence-electron chi connectivity index (χ4n) is 2.54. The van der Waals surface area contributed by atoms with Gasteiger partial charge in [-0.05, 0) is 53.8 Å². The lowest BCUT2D eigenvalue weighted by Gasteiger charge is -2.20. The topological polar surface area (TPSA) is 149 Å². The molecule has 0 aliphatic carbocycles. The van der Waals surface area contributed by atoms with Crippen LogP contribution in [0.3, 0.4) is 0 Å². The second-order valence-corrected chi connectivity index (χ2v) is 9.86. The summed E-state index contributed by atoms with van der Waals surface area (Å²) in [7, 11) is -2.90. The Morgan fingerprint density at radius 1 is 1.26 bits per heavy atom. The van der Waals surface area contributed by atoms with Crippen molar-refractivity contribution < 1.29 is 32.1 Å². The fourth-order valence-corrected chi connectivity index (χ4v) is 4.61. The molecule has 2 aromatic carbocycles. The number of benzene rings is 2. The van der Waals surface area contributed by atoms with Crippen molar-refractivity contribution >= 4 is 60.7 Å². The highest BCUT2D eigenvalue weighted by Gasteiger charge is 2.25. The zero-order valence-corrected chi connectivity index (χ0v) is 19.5. The van der Waals surface area contributed by atoms with Gasteiger partial charge in [-0.2, -0.15) is 0 Å². The number of sulfonamides is 1. The number of nitrogens with one attached hydrogen (secondary N) is 1. The molecule has 34 heavy (non-hydrogen) atoms. The molecular weight excluding hydrogens is 515 g/mol. The number of hydrogen-bond donors (Lipinski definition) is 1. The summed E-state index contributed by atoms with van der Waals surface area (Å²) in [5.74, 6) is -2.44. The number of ether oxygens (including phenoxy) is 1. The van der Waals surface area contributed by atoms with Crippen molar-refractivity contribution in [3.8, 4) is 0 Å². The number of hydrogen-bond acceptors (Lipinski definition) is 9. The predicted molar refractivity (Wildman–Crippen MR) is 121 cm³/mol. The molecule has 0 saturated carbocycles. The first-order valence-corrected chi connectivity index (χ1v) is 11.7. The van der Waals surface area contributed by atoms with Gasteiger partial charge in [-0.3, -0.25) is 24.5 Å². The molecule has 3 rings (SSSR count). The highest BCUT2D eigenvalue weighted by Crippen LogP contribution is 2.27. The lowest BCUT2D eigenvalue weighted by Crippen LogP contribution is -2.27. The number of esters is 1. The Kier molecular flexibility index (Phi) is 7.44. The van der Waals surface area contributed by atoms with Gasteiger partial charge in [-0.15, -0.1) is 0 Å². The van der Waals surface area contributed by atoms with E-state index < -0.39 is 39.2 Å². The molecule has 0 saturated heterocycles. The van der Waals surface area contributed by atoms with E-state index in [0.717, 1.165) is 28.7 Å². The maximum atomic E-state index is 13.1. The Morgan fingerprint density at radius 3 is 2.56 bits per heavy atom.